The Morgan fingerprint density at radius 3 is 2.41 bits per heavy atom. The molecule has 4 bridgehead atoms. The van der Waals surface area contributed by atoms with Crippen molar-refractivity contribution in [2.45, 2.75) is 101 Å². The number of nitrogens with one attached hydrogen (secondary N) is 2. The Kier molecular flexibility index (Phi) is 21.1. The molecule has 2 saturated heterocycles. The Labute approximate surface area is 400 Å². The minimum Gasteiger partial charge on any atom is -0.459 e. The SMILES string of the molecule is C/C1=C\C=C\C(C)C2(O)CC(OC(=O)N2)C(C)C2OC2(C)C(OC(=O)CCOCCOCCOCCOCCNC(=O)CCSSc2ccccn2)CC(=O)N(C)c2cc(cc(C)c2Cl)C1. The lowest BCUT2D eigenvalue weighted by molar-refractivity contribution is -0.155. The molecule has 3 N–H and O–H groups in total. The number of carbonyl (C=O) groups is 4. The first-order chi connectivity index (χ1) is 31.6. The van der Waals surface area contributed by atoms with E-state index in [0.717, 1.165) is 21.7 Å². The van der Waals surface area contributed by atoms with Crippen LogP contribution in [0.1, 0.15) is 64.5 Å². The van der Waals surface area contributed by atoms with Gasteiger partial charge in [-0.2, -0.15) is 0 Å². The summed E-state index contributed by atoms with van der Waals surface area (Å²) < 4.78 is 40.3. The molecule has 0 saturated carbocycles. The lowest BCUT2D eigenvalue weighted by atomic mass is 9.82. The molecule has 3 aliphatic rings. The Hall–Kier alpha value is -3.72. The van der Waals surface area contributed by atoms with Gasteiger partial charge in [-0.25, -0.2) is 9.78 Å². The number of amides is 3. The van der Waals surface area contributed by atoms with E-state index in [2.05, 4.69) is 15.6 Å². The summed E-state index contributed by atoms with van der Waals surface area (Å²) in [5.41, 5.74) is 0.605. The summed E-state index contributed by atoms with van der Waals surface area (Å²) in [7, 11) is 4.78. The van der Waals surface area contributed by atoms with Gasteiger partial charge in [0.15, 0.2) is 0 Å². The number of pyridine rings is 1. The van der Waals surface area contributed by atoms with Crippen LogP contribution in [0.5, 0.6) is 0 Å². The third kappa shape index (κ3) is 16.2. The standard InChI is InChI=1S/C47H65ClN4O12S2/c1-31-10-9-11-33(3)47(57)30-37(62-45(56)51-47)34(4)44-46(5,64-44)38(29-41(54)52(6)36-28-35(26-31)27-32(2)43(36)48)63-42(55)13-17-58-19-21-60-23-24-61-22-20-59-18-16-49-39(53)14-25-65-66-40-12-7-8-15-50-40/h7-12,15,27-28,33-34,37-38,44,57H,13-14,16-26,29-30H2,1-6H3,(H,49,53)(H,51,56)/b11-9+,31-10+. The zero-order valence-electron chi connectivity index (χ0n) is 38.7. The van der Waals surface area contributed by atoms with Crippen LogP contribution < -0.4 is 15.5 Å². The quantitative estimate of drug-likeness (QED) is 0.0539. The van der Waals surface area contributed by atoms with Gasteiger partial charge < -0.3 is 48.5 Å². The van der Waals surface area contributed by atoms with Gasteiger partial charge in [0.1, 0.15) is 28.6 Å². The number of benzene rings is 1. The minimum absolute atomic E-state index is 0.0229. The largest absolute Gasteiger partial charge is 0.459 e. The number of hydrogen-bond acceptors (Lipinski definition) is 15. The van der Waals surface area contributed by atoms with E-state index in [4.69, 9.17) is 44.8 Å². The number of carbonyl (C=O) groups excluding carboxylic acids is 4. The molecule has 66 heavy (non-hydrogen) atoms. The van der Waals surface area contributed by atoms with E-state index < -0.39 is 53.5 Å². The number of allylic oxidation sites excluding steroid dienone is 3. The number of rotatable bonds is 21. The number of nitrogens with zero attached hydrogens (tertiary/aromatic N) is 2. The minimum atomic E-state index is -1.59. The van der Waals surface area contributed by atoms with Crippen molar-refractivity contribution in [3.8, 4) is 0 Å². The van der Waals surface area contributed by atoms with Crippen LogP contribution in [0.15, 0.2) is 65.4 Å². The zero-order valence-corrected chi connectivity index (χ0v) is 41.1. The Balaban J connectivity index is 1.04. The third-order valence-electron chi connectivity index (χ3n) is 11.7. The van der Waals surface area contributed by atoms with Gasteiger partial charge in [-0.05, 0) is 67.3 Å². The summed E-state index contributed by atoms with van der Waals surface area (Å²) in [6.07, 6.45) is 5.11. The van der Waals surface area contributed by atoms with Gasteiger partial charge in [-0.1, -0.05) is 72.2 Å². The first-order valence-electron chi connectivity index (χ1n) is 22.4. The van der Waals surface area contributed by atoms with Crippen molar-refractivity contribution in [2.75, 3.05) is 77.1 Å². The number of esters is 1. The van der Waals surface area contributed by atoms with Gasteiger partial charge in [0.25, 0.3) is 0 Å². The molecular formula is C47H65ClN4O12S2. The Morgan fingerprint density at radius 2 is 1.71 bits per heavy atom. The lowest BCUT2D eigenvalue weighted by Crippen LogP contribution is -2.60. The summed E-state index contributed by atoms with van der Waals surface area (Å²) in [5, 5.41) is 18.5. The molecule has 4 heterocycles. The molecule has 1 aromatic heterocycles. The molecule has 0 spiro atoms. The van der Waals surface area contributed by atoms with E-state index >= 15 is 0 Å². The number of aromatic nitrogens is 1. The number of hydrogen-bond donors (Lipinski definition) is 3. The molecule has 2 aromatic rings. The number of fused-ring (bicyclic) bond motifs is 5. The average Bonchev–Trinajstić information content (AvgIpc) is 3.98. The van der Waals surface area contributed by atoms with Gasteiger partial charge in [-0.3, -0.25) is 19.7 Å². The normalized spacial score (nSPS) is 26.9. The average molecular weight is 978 g/mol. The number of aryl methyl sites for hydroxylation is 1. The second kappa shape index (κ2) is 26.1. The Morgan fingerprint density at radius 1 is 1.02 bits per heavy atom. The van der Waals surface area contributed by atoms with Gasteiger partial charge >= 0.3 is 12.1 Å². The summed E-state index contributed by atoms with van der Waals surface area (Å²) in [6.45, 7) is 12.2. The summed E-state index contributed by atoms with van der Waals surface area (Å²) in [4.78, 5) is 58.0. The molecule has 1 aromatic carbocycles. The number of halogens is 1. The number of anilines is 1. The second-order valence-electron chi connectivity index (χ2n) is 16.9. The van der Waals surface area contributed by atoms with Crippen molar-refractivity contribution >= 4 is 62.8 Å². The molecule has 7 unspecified atom stereocenters. The zero-order chi connectivity index (χ0) is 47.7. The summed E-state index contributed by atoms with van der Waals surface area (Å²) in [6, 6.07) is 9.60. The van der Waals surface area contributed by atoms with Crippen LogP contribution in [0.25, 0.3) is 0 Å². The monoisotopic (exact) mass is 976 g/mol. The van der Waals surface area contributed by atoms with Crippen molar-refractivity contribution in [3.63, 3.8) is 0 Å². The van der Waals surface area contributed by atoms with Crippen molar-refractivity contribution < 1.29 is 57.4 Å². The van der Waals surface area contributed by atoms with E-state index in [9.17, 15) is 24.3 Å². The predicted molar refractivity (Wildman–Crippen MR) is 253 cm³/mol. The summed E-state index contributed by atoms with van der Waals surface area (Å²) >= 11 is 6.78. The molecule has 3 amide bonds. The van der Waals surface area contributed by atoms with Crippen LogP contribution in [0, 0.1) is 18.8 Å². The molecule has 0 radical (unpaired) electrons. The highest BCUT2D eigenvalue weighted by molar-refractivity contribution is 8.76. The highest BCUT2D eigenvalue weighted by atomic mass is 35.5. The van der Waals surface area contributed by atoms with E-state index in [1.54, 1.807) is 41.8 Å². The molecule has 7 atom stereocenters. The van der Waals surface area contributed by atoms with Crippen LogP contribution in [-0.4, -0.2) is 136 Å². The number of alkyl carbamates (subject to hydrolysis) is 1. The fourth-order valence-electron chi connectivity index (χ4n) is 7.67. The van der Waals surface area contributed by atoms with E-state index in [1.807, 2.05) is 76.3 Å². The lowest BCUT2D eigenvalue weighted by Gasteiger charge is -2.41. The molecule has 19 heteroatoms. The highest BCUT2D eigenvalue weighted by Crippen LogP contribution is 2.49. The fourth-order valence-corrected chi connectivity index (χ4v) is 9.77. The Bertz CT molecular complexity index is 2000. The van der Waals surface area contributed by atoms with Crippen molar-refractivity contribution in [3.05, 3.63) is 76.5 Å². The first kappa shape index (κ1) is 53.2. The fraction of sp³-hybridized carbons (Fsp3) is 0.596. The van der Waals surface area contributed by atoms with Gasteiger partial charge in [-0.15, -0.1) is 0 Å². The van der Waals surface area contributed by atoms with Crippen LogP contribution in [0.3, 0.4) is 0 Å². The van der Waals surface area contributed by atoms with Crippen molar-refractivity contribution in [2.24, 2.45) is 11.8 Å². The molecule has 3 aliphatic heterocycles. The first-order valence-corrected chi connectivity index (χ1v) is 25.1. The summed E-state index contributed by atoms with van der Waals surface area (Å²) in [5.74, 6) is -1.17. The van der Waals surface area contributed by atoms with Gasteiger partial charge in [0, 0.05) is 50.2 Å². The number of ether oxygens (including phenoxy) is 7. The molecule has 16 nitrogen and oxygen atoms in total. The molecule has 0 aliphatic carbocycles. The van der Waals surface area contributed by atoms with E-state index in [-0.39, 0.29) is 50.9 Å². The van der Waals surface area contributed by atoms with Crippen LogP contribution in [0.4, 0.5) is 10.5 Å². The van der Waals surface area contributed by atoms with Crippen LogP contribution >= 0.6 is 33.2 Å². The van der Waals surface area contributed by atoms with Crippen molar-refractivity contribution in [1.82, 2.24) is 15.6 Å². The maximum atomic E-state index is 14.1. The molecule has 364 valence electrons. The van der Waals surface area contributed by atoms with Crippen LogP contribution in [-0.2, 0) is 54.0 Å². The van der Waals surface area contributed by atoms with Crippen molar-refractivity contribution in [1.29, 1.82) is 0 Å². The number of aliphatic hydroxyl groups is 1. The smallest absolute Gasteiger partial charge is 0.409 e. The maximum absolute atomic E-state index is 14.1. The second-order valence-corrected chi connectivity index (χ2v) is 19.7. The number of epoxide rings is 1. The van der Waals surface area contributed by atoms with E-state index in [0.29, 0.717) is 68.9 Å². The third-order valence-corrected chi connectivity index (χ3v) is 14.5. The maximum Gasteiger partial charge on any atom is 0.409 e. The van der Waals surface area contributed by atoms with E-state index in [1.165, 1.54) is 4.90 Å². The van der Waals surface area contributed by atoms with Crippen LogP contribution in [0.2, 0.25) is 5.02 Å². The highest BCUT2D eigenvalue weighted by Gasteiger charge is 2.64. The molecular weight excluding hydrogens is 912 g/mol. The molecule has 2 fully saturated rings. The predicted octanol–water partition coefficient (Wildman–Crippen LogP) is 6.39. The van der Waals surface area contributed by atoms with Gasteiger partial charge in [0.2, 0.25) is 11.8 Å². The molecule has 5 rings (SSSR count). The van der Waals surface area contributed by atoms with Gasteiger partial charge in [0.05, 0.1) is 82.5 Å². The topological polar surface area (TPSA) is 197 Å².